The molecule has 0 spiro atoms. The zero-order valence-corrected chi connectivity index (χ0v) is 21.8. The molecule has 0 aliphatic carbocycles. The maximum atomic E-state index is 11.7. The summed E-state index contributed by atoms with van der Waals surface area (Å²) in [4.78, 5) is 23.2. The first-order valence-electron chi connectivity index (χ1n) is 12.4. The molecule has 5 nitrogen and oxygen atoms in total. The smallest absolute Gasteiger partial charge is 0.331 e. The highest BCUT2D eigenvalue weighted by atomic mass is 16.4. The second-order valence-corrected chi connectivity index (χ2v) is 9.47. The van der Waals surface area contributed by atoms with Crippen LogP contribution in [0.25, 0.3) is 0 Å². The molecular formula is C30H42O5. The third kappa shape index (κ3) is 13.4. The molecule has 5 heteroatoms. The Morgan fingerprint density at radius 2 is 1.54 bits per heavy atom. The molecule has 1 aromatic heterocycles. The largest absolute Gasteiger partial charge is 0.478 e. The van der Waals surface area contributed by atoms with Gasteiger partial charge in [0.05, 0.1) is 12.5 Å². The zero-order chi connectivity index (χ0) is 26.2. The van der Waals surface area contributed by atoms with Gasteiger partial charge in [-0.1, -0.05) is 47.6 Å². The fraction of sp³-hybridized carbons (Fsp3) is 0.467. The van der Waals surface area contributed by atoms with Gasteiger partial charge in [0.25, 0.3) is 0 Å². The second-order valence-electron chi connectivity index (χ2n) is 9.47. The van der Waals surface area contributed by atoms with Crippen LogP contribution < -0.4 is 0 Å². The molecule has 35 heavy (non-hydrogen) atoms. The van der Waals surface area contributed by atoms with Crippen LogP contribution in [0, 0.1) is 5.92 Å². The third-order valence-corrected chi connectivity index (χ3v) is 6.06. The fourth-order valence-corrected chi connectivity index (χ4v) is 3.77. The predicted octanol–water partition coefficient (Wildman–Crippen LogP) is 8.07. The van der Waals surface area contributed by atoms with E-state index in [1.54, 1.807) is 12.5 Å². The molecule has 1 aromatic rings. The van der Waals surface area contributed by atoms with Crippen molar-refractivity contribution in [3.8, 4) is 0 Å². The minimum Gasteiger partial charge on any atom is -0.478 e. The van der Waals surface area contributed by atoms with Crippen molar-refractivity contribution < 1.29 is 24.2 Å². The predicted molar refractivity (Wildman–Crippen MR) is 142 cm³/mol. The van der Waals surface area contributed by atoms with Crippen LogP contribution in [0.5, 0.6) is 0 Å². The van der Waals surface area contributed by atoms with Crippen LogP contribution in [-0.2, 0) is 16.0 Å². The molecule has 0 saturated heterocycles. The van der Waals surface area contributed by atoms with Gasteiger partial charge in [-0.15, -0.1) is 0 Å². The molecule has 0 fully saturated rings. The summed E-state index contributed by atoms with van der Waals surface area (Å²) in [5.41, 5.74) is 5.42. The van der Waals surface area contributed by atoms with Gasteiger partial charge in [0.15, 0.2) is 0 Å². The number of hydrogen-bond acceptors (Lipinski definition) is 3. The Hall–Kier alpha value is -3.08. The summed E-state index contributed by atoms with van der Waals surface area (Å²) < 4.78 is 5.06. The molecule has 1 unspecified atom stereocenters. The maximum Gasteiger partial charge on any atom is 0.331 e. The first-order valence-corrected chi connectivity index (χ1v) is 12.4. The van der Waals surface area contributed by atoms with Crippen molar-refractivity contribution >= 4 is 11.9 Å². The van der Waals surface area contributed by atoms with Gasteiger partial charge >= 0.3 is 11.9 Å². The molecule has 2 N–H and O–H groups in total. The topological polar surface area (TPSA) is 87.7 Å². The first kappa shape index (κ1) is 30.0. The summed E-state index contributed by atoms with van der Waals surface area (Å²) in [5, 5.41) is 19.0. The Bertz CT molecular complexity index is 937. The van der Waals surface area contributed by atoms with Gasteiger partial charge < -0.3 is 14.6 Å². The van der Waals surface area contributed by atoms with E-state index in [-0.39, 0.29) is 5.92 Å². The summed E-state index contributed by atoms with van der Waals surface area (Å²) in [7, 11) is 0. The number of carbonyl (C=O) groups is 2. The number of aliphatic carboxylic acids is 2. The van der Waals surface area contributed by atoms with E-state index in [1.165, 1.54) is 11.1 Å². The minimum absolute atomic E-state index is 0.204. The molecule has 192 valence electrons. The van der Waals surface area contributed by atoms with Crippen molar-refractivity contribution in [2.75, 3.05) is 0 Å². The Labute approximate surface area is 210 Å². The molecule has 0 aliphatic heterocycles. The lowest BCUT2D eigenvalue weighted by Gasteiger charge is -2.16. The Kier molecular flexibility index (Phi) is 14.1. The zero-order valence-electron chi connectivity index (χ0n) is 21.8. The van der Waals surface area contributed by atoms with E-state index in [4.69, 9.17) is 4.42 Å². The Balaban J connectivity index is 2.61. The van der Waals surface area contributed by atoms with Crippen LogP contribution in [0.4, 0.5) is 0 Å². The van der Waals surface area contributed by atoms with E-state index in [9.17, 15) is 19.8 Å². The SMILES string of the molecule is C=C(C)C(C/C=C(\C)CC/C=C(\CCC=C(C)C)C(=O)O)CC/C(=C/CCc1ccoc1)C(=O)O. The molecular weight excluding hydrogens is 440 g/mol. The van der Waals surface area contributed by atoms with Crippen molar-refractivity contribution in [2.45, 2.75) is 85.5 Å². The molecule has 1 atom stereocenters. The van der Waals surface area contributed by atoms with Gasteiger partial charge in [-0.2, -0.15) is 0 Å². The van der Waals surface area contributed by atoms with Crippen molar-refractivity contribution in [1.29, 1.82) is 0 Å². The van der Waals surface area contributed by atoms with Crippen LogP contribution in [0.2, 0.25) is 0 Å². The standard InChI is InChI=1S/C30H42O5/c1-22(2)9-6-12-27(29(31)32)13-7-10-24(5)15-16-26(23(3)4)17-18-28(30(33)34)14-8-11-25-19-20-35-21-25/h9,13-15,19-21,26H,3,6-8,10-12,16-18H2,1-2,4-5H3,(H,31,32)(H,33,34)/b24-15+,27-13+,28-14-. The van der Waals surface area contributed by atoms with Gasteiger partial charge in [0.2, 0.25) is 0 Å². The van der Waals surface area contributed by atoms with E-state index in [2.05, 4.69) is 25.7 Å². The van der Waals surface area contributed by atoms with Crippen molar-refractivity contribution in [3.05, 3.63) is 82.9 Å². The lowest BCUT2D eigenvalue weighted by Crippen LogP contribution is -2.06. The van der Waals surface area contributed by atoms with E-state index >= 15 is 0 Å². The highest BCUT2D eigenvalue weighted by molar-refractivity contribution is 5.86. The number of aryl methyl sites for hydroxylation is 1. The molecule has 0 radical (unpaired) electrons. The number of hydrogen-bond donors (Lipinski definition) is 2. The molecule has 0 aromatic carbocycles. The molecule has 0 amide bonds. The maximum absolute atomic E-state index is 11.7. The first-order chi connectivity index (χ1) is 16.6. The van der Waals surface area contributed by atoms with Crippen LogP contribution >= 0.6 is 0 Å². The van der Waals surface area contributed by atoms with Crippen LogP contribution in [-0.4, -0.2) is 22.2 Å². The lowest BCUT2D eigenvalue weighted by atomic mass is 9.89. The van der Waals surface area contributed by atoms with Gasteiger partial charge in [0, 0.05) is 11.1 Å². The van der Waals surface area contributed by atoms with Crippen LogP contribution in [0.15, 0.2) is 81.8 Å². The quantitative estimate of drug-likeness (QED) is 0.173. The second kappa shape index (κ2) is 16.5. The monoisotopic (exact) mass is 482 g/mol. The summed E-state index contributed by atoms with van der Waals surface area (Å²) in [6.45, 7) is 12.2. The highest BCUT2D eigenvalue weighted by Crippen LogP contribution is 2.24. The Morgan fingerprint density at radius 1 is 0.914 bits per heavy atom. The van der Waals surface area contributed by atoms with Gasteiger partial charge in [-0.05, 0) is 103 Å². The highest BCUT2D eigenvalue weighted by Gasteiger charge is 2.13. The molecule has 0 aliphatic rings. The average Bonchev–Trinajstić information content (AvgIpc) is 3.29. The van der Waals surface area contributed by atoms with E-state index in [0.29, 0.717) is 36.8 Å². The molecule has 0 bridgehead atoms. The normalized spacial score (nSPS) is 13.4. The minimum atomic E-state index is -0.866. The number of furan rings is 1. The summed E-state index contributed by atoms with van der Waals surface area (Å²) in [6.07, 6.45) is 17.4. The van der Waals surface area contributed by atoms with E-state index < -0.39 is 11.9 Å². The van der Waals surface area contributed by atoms with Gasteiger partial charge in [-0.3, -0.25) is 0 Å². The van der Waals surface area contributed by atoms with E-state index in [0.717, 1.165) is 43.2 Å². The number of allylic oxidation sites excluding steroid dienone is 7. The third-order valence-electron chi connectivity index (χ3n) is 6.06. The fourth-order valence-electron chi connectivity index (χ4n) is 3.77. The van der Waals surface area contributed by atoms with Crippen molar-refractivity contribution in [1.82, 2.24) is 0 Å². The molecule has 1 rings (SSSR count). The van der Waals surface area contributed by atoms with Crippen molar-refractivity contribution in [3.63, 3.8) is 0 Å². The summed E-state index contributed by atoms with van der Waals surface area (Å²) in [5.74, 6) is -1.51. The number of carboxylic acids is 2. The van der Waals surface area contributed by atoms with Crippen LogP contribution in [0.1, 0.15) is 84.6 Å². The molecule has 1 heterocycles. The average molecular weight is 483 g/mol. The van der Waals surface area contributed by atoms with E-state index in [1.807, 2.05) is 39.0 Å². The number of rotatable bonds is 17. The van der Waals surface area contributed by atoms with Crippen LogP contribution in [0.3, 0.4) is 0 Å². The Morgan fingerprint density at radius 3 is 2.11 bits per heavy atom. The van der Waals surface area contributed by atoms with Crippen molar-refractivity contribution in [2.24, 2.45) is 5.92 Å². The lowest BCUT2D eigenvalue weighted by molar-refractivity contribution is -0.133. The summed E-state index contributed by atoms with van der Waals surface area (Å²) >= 11 is 0. The molecule has 0 saturated carbocycles. The summed E-state index contributed by atoms with van der Waals surface area (Å²) in [6, 6.07) is 1.89. The number of carboxylic acid groups (broad SMARTS) is 2. The van der Waals surface area contributed by atoms with Gasteiger partial charge in [-0.25, -0.2) is 9.59 Å². The van der Waals surface area contributed by atoms with Gasteiger partial charge in [0.1, 0.15) is 0 Å².